The van der Waals surface area contributed by atoms with Gasteiger partial charge >= 0.3 is 0 Å². The van der Waals surface area contributed by atoms with Gasteiger partial charge in [0.15, 0.2) is 0 Å². The van der Waals surface area contributed by atoms with Crippen LogP contribution in [0.2, 0.25) is 0 Å². The van der Waals surface area contributed by atoms with Crippen LogP contribution in [0.15, 0.2) is 23.8 Å². The quantitative estimate of drug-likeness (QED) is 0.706. The van der Waals surface area contributed by atoms with Crippen LogP contribution in [0.4, 0.5) is 0 Å². The van der Waals surface area contributed by atoms with E-state index in [4.69, 9.17) is 0 Å². The van der Waals surface area contributed by atoms with Crippen LogP contribution in [0, 0.1) is 29.6 Å². The second-order valence-electron chi connectivity index (χ2n) is 6.05. The minimum atomic E-state index is -0.207. The van der Waals surface area contributed by atoms with E-state index in [9.17, 15) is 5.11 Å². The summed E-state index contributed by atoms with van der Waals surface area (Å²) in [5.41, 5.74) is 1.64. The zero-order valence-electron chi connectivity index (χ0n) is 10.3. The minimum absolute atomic E-state index is 0.207. The van der Waals surface area contributed by atoms with Gasteiger partial charge in [0.05, 0.1) is 6.10 Å². The van der Waals surface area contributed by atoms with Gasteiger partial charge in [0.1, 0.15) is 0 Å². The van der Waals surface area contributed by atoms with Gasteiger partial charge in [-0.2, -0.15) is 0 Å². The Bertz CT molecular complexity index is 339. The normalized spacial score (nSPS) is 46.3. The second kappa shape index (κ2) is 3.73. The molecule has 2 bridgehead atoms. The van der Waals surface area contributed by atoms with Gasteiger partial charge in [0.2, 0.25) is 0 Å². The first kappa shape index (κ1) is 10.6. The van der Waals surface area contributed by atoms with E-state index in [1.807, 2.05) is 6.92 Å². The van der Waals surface area contributed by atoms with Gasteiger partial charge in [-0.1, -0.05) is 30.7 Å². The average Bonchev–Trinajstić information content (AvgIpc) is 2.87. The highest BCUT2D eigenvalue weighted by Crippen LogP contribution is 2.58. The SMILES string of the molecule is C[C@H](/C=C1\CC2CC1[C@H]1C=CC[C@@H]21)[C@@H](C)O. The third-order valence-electron chi connectivity index (χ3n) is 5.10. The molecule has 1 N–H and O–H groups in total. The Labute approximate surface area is 98.2 Å². The van der Waals surface area contributed by atoms with E-state index < -0.39 is 0 Å². The minimum Gasteiger partial charge on any atom is -0.393 e. The van der Waals surface area contributed by atoms with E-state index in [1.165, 1.54) is 19.3 Å². The number of aliphatic hydroxyl groups is 1. The fourth-order valence-corrected chi connectivity index (χ4v) is 4.05. The lowest BCUT2D eigenvalue weighted by molar-refractivity contribution is 0.156. The van der Waals surface area contributed by atoms with Crippen molar-refractivity contribution in [3.8, 4) is 0 Å². The topological polar surface area (TPSA) is 20.2 Å². The molecule has 88 valence electrons. The van der Waals surface area contributed by atoms with Crippen molar-refractivity contribution < 1.29 is 5.11 Å². The van der Waals surface area contributed by atoms with Crippen molar-refractivity contribution in [2.75, 3.05) is 0 Å². The third kappa shape index (κ3) is 1.48. The Hall–Kier alpha value is -0.560. The number of hydrogen-bond acceptors (Lipinski definition) is 1. The van der Waals surface area contributed by atoms with Gasteiger partial charge in [-0.3, -0.25) is 0 Å². The molecule has 1 nitrogen and oxygen atoms in total. The number of rotatable bonds is 2. The van der Waals surface area contributed by atoms with E-state index in [2.05, 4.69) is 25.2 Å². The van der Waals surface area contributed by atoms with E-state index in [0.29, 0.717) is 5.92 Å². The Balaban J connectivity index is 1.79. The van der Waals surface area contributed by atoms with Crippen LogP contribution in [0.1, 0.15) is 33.1 Å². The van der Waals surface area contributed by atoms with Crippen LogP contribution < -0.4 is 0 Å². The molecule has 3 rings (SSSR count). The van der Waals surface area contributed by atoms with Crippen LogP contribution in [-0.2, 0) is 0 Å². The first-order chi connectivity index (χ1) is 7.66. The molecule has 0 saturated heterocycles. The maximum Gasteiger partial charge on any atom is 0.0572 e. The molecule has 0 aromatic carbocycles. The van der Waals surface area contributed by atoms with Gasteiger partial charge in [0.25, 0.3) is 0 Å². The molecule has 16 heavy (non-hydrogen) atoms. The summed E-state index contributed by atoms with van der Waals surface area (Å²) < 4.78 is 0. The summed E-state index contributed by atoms with van der Waals surface area (Å²) in [6.07, 6.45) is 11.0. The Morgan fingerprint density at radius 2 is 2.25 bits per heavy atom. The van der Waals surface area contributed by atoms with Crippen molar-refractivity contribution in [2.24, 2.45) is 29.6 Å². The van der Waals surface area contributed by atoms with E-state index >= 15 is 0 Å². The Kier molecular flexibility index (Phi) is 2.47. The fraction of sp³-hybridized carbons (Fsp3) is 0.733. The number of fused-ring (bicyclic) bond motifs is 5. The third-order valence-corrected chi connectivity index (χ3v) is 5.10. The lowest BCUT2D eigenvalue weighted by Crippen LogP contribution is -2.20. The van der Waals surface area contributed by atoms with Crippen LogP contribution in [-0.4, -0.2) is 11.2 Å². The summed E-state index contributed by atoms with van der Waals surface area (Å²) in [5.74, 6) is 3.88. The smallest absolute Gasteiger partial charge is 0.0572 e. The molecule has 0 aromatic rings. The summed E-state index contributed by atoms with van der Waals surface area (Å²) in [4.78, 5) is 0. The number of aliphatic hydroxyl groups excluding tert-OH is 1. The molecular formula is C15H22O. The maximum atomic E-state index is 9.58. The first-order valence-electron chi connectivity index (χ1n) is 6.72. The van der Waals surface area contributed by atoms with Crippen molar-refractivity contribution in [3.63, 3.8) is 0 Å². The Morgan fingerprint density at radius 3 is 3.00 bits per heavy atom. The van der Waals surface area contributed by atoms with Crippen LogP contribution >= 0.6 is 0 Å². The monoisotopic (exact) mass is 218 g/mol. The second-order valence-corrected chi connectivity index (χ2v) is 6.05. The summed E-state index contributed by atoms with van der Waals surface area (Å²) in [6, 6.07) is 0. The molecular weight excluding hydrogens is 196 g/mol. The number of hydrogen-bond donors (Lipinski definition) is 1. The predicted octanol–water partition coefficient (Wildman–Crippen LogP) is 3.16. The highest BCUT2D eigenvalue weighted by Gasteiger charge is 2.49. The molecule has 1 heteroatoms. The summed E-state index contributed by atoms with van der Waals surface area (Å²) >= 11 is 0. The summed E-state index contributed by atoms with van der Waals surface area (Å²) in [6.45, 7) is 4.03. The van der Waals surface area contributed by atoms with Gasteiger partial charge in [-0.05, 0) is 55.8 Å². The molecule has 0 aliphatic heterocycles. The van der Waals surface area contributed by atoms with Crippen molar-refractivity contribution in [2.45, 2.75) is 39.2 Å². The van der Waals surface area contributed by atoms with Crippen molar-refractivity contribution in [3.05, 3.63) is 23.8 Å². The molecule has 0 spiro atoms. The number of allylic oxidation sites excluding steroid dienone is 3. The highest BCUT2D eigenvalue weighted by atomic mass is 16.3. The molecule has 2 saturated carbocycles. The zero-order chi connectivity index (χ0) is 11.3. The standard InChI is InChI=1S/C15H22O/c1-9(10(2)16)6-11-7-12-8-15(11)14-5-3-4-13(12)14/h3,5-6,9-10,12-16H,4,7-8H2,1-2H3/b11-6+/t9-,10-,12?,13+,14+,15?/m1/s1. The lowest BCUT2D eigenvalue weighted by Gasteiger charge is -2.27. The van der Waals surface area contributed by atoms with Gasteiger partial charge in [-0.15, -0.1) is 0 Å². The Morgan fingerprint density at radius 1 is 1.44 bits per heavy atom. The largest absolute Gasteiger partial charge is 0.393 e. The van der Waals surface area contributed by atoms with Crippen molar-refractivity contribution >= 4 is 0 Å². The molecule has 0 aromatic heterocycles. The zero-order valence-corrected chi connectivity index (χ0v) is 10.3. The molecule has 3 aliphatic rings. The molecule has 2 unspecified atom stereocenters. The summed E-state index contributed by atoms with van der Waals surface area (Å²) in [7, 11) is 0. The fourth-order valence-electron chi connectivity index (χ4n) is 4.05. The van der Waals surface area contributed by atoms with Crippen molar-refractivity contribution in [1.29, 1.82) is 0 Å². The van der Waals surface area contributed by atoms with Crippen LogP contribution in [0.3, 0.4) is 0 Å². The molecule has 3 aliphatic carbocycles. The van der Waals surface area contributed by atoms with Gasteiger partial charge in [-0.25, -0.2) is 0 Å². The average molecular weight is 218 g/mol. The van der Waals surface area contributed by atoms with Gasteiger partial charge < -0.3 is 5.11 Å². The maximum absolute atomic E-state index is 9.58. The lowest BCUT2D eigenvalue weighted by atomic mass is 9.78. The van der Waals surface area contributed by atoms with Crippen molar-refractivity contribution in [1.82, 2.24) is 0 Å². The molecule has 0 heterocycles. The molecule has 0 radical (unpaired) electrons. The molecule has 0 amide bonds. The van der Waals surface area contributed by atoms with E-state index in [1.54, 1.807) is 5.57 Å². The summed E-state index contributed by atoms with van der Waals surface area (Å²) in [5, 5.41) is 9.58. The van der Waals surface area contributed by atoms with E-state index in [-0.39, 0.29) is 6.10 Å². The first-order valence-corrected chi connectivity index (χ1v) is 6.72. The highest BCUT2D eigenvalue weighted by molar-refractivity contribution is 5.27. The van der Waals surface area contributed by atoms with Crippen LogP contribution in [0.5, 0.6) is 0 Å². The van der Waals surface area contributed by atoms with Crippen LogP contribution in [0.25, 0.3) is 0 Å². The molecule has 2 fully saturated rings. The molecule has 6 atom stereocenters. The predicted molar refractivity (Wildman–Crippen MR) is 65.9 cm³/mol. The van der Waals surface area contributed by atoms with Gasteiger partial charge in [0, 0.05) is 0 Å². The van der Waals surface area contributed by atoms with E-state index in [0.717, 1.165) is 23.7 Å².